The lowest BCUT2D eigenvalue weighted by Crippen LogP contribution is -2.47. The van der Waals surface area contributed by atoms with Crippen LogP contribution in [0.2, 0.25) is 0 Å². The van der Waals surface area contributed by atoms with Crippen molar-refractivity contribution in [2.75, 3.05) is 6.61 Å². The number of amides is 1. The van der Waals surface area contributed by atoms with Gasteiger partial charge in [-0.05, 0) is 19.1 Å². The number of carbonyl (C=O) groups excluding carboxylic acids is 1. The summed E-state index contributed by atoms with van der Waals surface area (Å²) >= 11 is 0. The van der Waals surface area contributed by atoms with E-state index in [0.29, 0.717) is 6.61 Å². The number of carbonyl (C=O) groups is 1. The number of rotatable bonds is 2. The van der Waals surface area contributed by atoms with Crippen LogP contribution in [0.3, 0.4) is 0 Å². The van der Waals surface area contributed by atoms with Crippen molar-refractivity contribution in [1.82, 2.24) is 5.32 Å². The largest absolute Gasteiger partial charge is 0.486 e. The topological polar surface area (TPSA) is 47.6 Å². The molecule has 1 aromatic rings. The van der Waals surface area contributed by atoms with Crippen molar-refractivity contribution in [3.8, 4) is 11.5 Å². The fourth-order valence-electron chi connectivity index (χ4n) is 1.70. The van der Waals surface area contributed by atoms with E-state index in [4.69, 9.17) is 9.47 Å². The fraction of sp³-hybridized carbons (Fsp3) is 0.417. The summed E-state index contributed by atoms with van der Waals surface area (Å²) in [6.07, 6.45) is -0.140. The second-order valence-electron chi connectivity index (χ2n) is 3.90. The van der Waals surface area contributed by atoms with Gasteiger partial charge in [0.05, 0.1) is 6.04 Å². The third-order valence-corrected chi connectivity index (χ3v) is 2.52. The molecule has 1 amide bonds. The molecule has 2 rings (SSSR count). The molecule has 16 heavy (non-hydrogen) atoms. The third-order valence-electron chi connectivity index (χ3n) is 2.52. The molecule has 0 aromatic heterocycles. The van der Waals surface area contributed by atoms with Crippen molar-refractivity contribution in [3.63, 3.8) is 0 Å². The van der Waals surface area contributed by atoms with Crippen LogP contribution in [0.4, 0.5) is 0 Å². The Bertz CT molecular complexity index is 392. The predicted octanol–water partition coefficient (Wildman–Crippen LogP) is 1.35. The minimum Gasteiger partial charge on any atom is -0.486 e. The highest BCUT2D eigenvalue weighted by atomic mass is 16.6. The first-order valence-electron chi connectivity index (χ1n) is 5.32. The summed E-state index contributed by atoms with van der Waals surface area (Å²) < 4.78 is 11.3. The van der Waals surface area contributed by atoms with Crippen molar-refractivity contribution >= 4 is 5.91 Å². The highest BCUT2D eigenvalue weighted by molar-refractivity contribution is 5.73. The van der Waals surface area contributed by atoms with Gasteiger partial charge in [0, 0.05) is 6.92 Å². The van der Waals surface area contributed by atoms with Crippen LogP contribution in [-0.4, -0.2) is 24.7 Å². The van der Waals surface area contributed by atoms with Gasteiger partial charge in [0.2, 0.25) is 5.91 Å². The second kappa shape index (κ2) is 4.43. The zero-order valence-corrected chi connectivity index (χ0v) is 9.40. The second-order valence-corrected chi connectivity index (χ2v) is 3.90. The van der Waals surface area contributed by atoms with Gasteiger partial charge in [0.15, 0.2) is 17.6 Å². The Kier molecular flexibility index (Phi) is 2.99. The Hall–Kier alpha value is -1.71. The van der Waals surface area contributed by atoms with Crippen molar-refractivity contribution in [1.29, 1.82) is 0 Å². The molecule has 1 heterocycles. The Morgan fingerprint density at radius 1 is 1.44 bits per heavy atom. The molecule has 2 atom stereocenters. The number of hydrogen-bond donors (Lipinski definition) is 1. The van der Waals surface area contributed by atoms with E-state index in [0.717, 1.165) is 11.5 Å². The van der Waals surface area contributed by atoms with Crippen LogP contribution >= 0.6 is 0 Å². The minimum absolute atomic E-state index is 0.0602. The lowest BCUT2D eigenvalue weighted by molar-refractivity contribution is -0.120. The van der Waals surface area contributed by atoms with E-state index in [1.165, 1.54) is 6.92 Å². The van der Waals surface area contributed by atoms with Crippen LogP contribution in [0.25, 0.3) is 0 Å². The number of fused-ring (bicyclic) bond motifs is 1. The first-order valence-corrected chi connectivity index (χ1v) is 5.32. The molecular weight excluding hydrogens is 206 g/mol. The van der Waals surface area contributed by atoms with Gasteiger partial charge in [0.1, 0.15) is 6.61 Å². The number of para-hydroxylation sites is 2. The van der Waals surface area contributed by atoms with E-state index in [-0.39, 0.29) is 18.1 Å². The van der Waals surface area contributed by atoms with Gasteiger partial charge >= 0.3 is 0 Å². The average Bonchev–Trinajstić information content (AvgIpc) is 2.27. The van der Waals surface area contributed by atoms with E-state index in [2.05, 4.69) is 5.32 Å². The molecule has 0 fully saturated rings. The fourth-order valence-corrected chi connectivity index (χ4v) is 1.70. The Balaban J connectivity index is 2.05. The molecule has 2 unspecified atom stereocenters. The molecule has 4 heteroatoms. The van der Waals surface area contributed by atoms with E-state index >= 15 is 0 Å². The van der Waals surface area contributed by atoms with Gasteiger partial charge < -0.3 is 14.8 Å². The molecule has 86 valence electrons. The SMILES string of the molecule is CC(=O)NC(C)C1COc2ccccc2O1. The van der Waals surface area contributed by atoms with Crippen LogP contribution in [0.15, 0.2) is 24.3 Å². The van der Waals surface area contributed by atoms with E-state index in [1.807, 2.05) is 31.2 Å². The third kappa shape index (κ3) is 2.27. The van der Waals surface area contributed by atoms with Crippen LogP contribution in [0, 0.1) is 0 Å². The normalized spacial score (nSPS) is 20.0. The number of ether oxygens (including phenoxy) is 2. The maximum absolute atomic E-state index is 10.9. The first kappa shape index (κ1) is 10.8. The van der Waals surface area contributed by atoms with Gasteiger partial charge in [-0.3, -0.25) is 4.79 Å². The van der Waals surface area contributed by atoms with Crippen LogP contribution < -0.4 is 14.8 Å². The molecule has 0 saturated carbocycles. The van der Waals surface area contributed by atoms with E-state index < -0.39 is 0 Å². The quantitative estimate of drug-likeness (QED) is 0.820. The van der Waals surface area contributed by atoms with Crippen molar-refractivity contribution in [3.05, 3.63) is 24.3 Å². The zero-order chi connectivity index (χ0) is 11.5. The molecule has 0 spiro atoms. The average molecular weight is 221 g/mol. The van der Waals surface area contributed by atoms with Crippen molar-refractivity contribution in [2.24, 2.45) is 0 Å². The van der Waals surface area contributed by atoms with E-state index in [9.17, 15) is 4.79 Å². The highest BCUT2D eigenvalue weighted by Gasteiger charge is 2.26. The molecule has 1 N–H and O–H groups in total. The standard InChI is InChI=1S/C12H15NO3/c1-8(13-9(2)14)12-7-15-10-5-3-4-6-11(10)16-12/h3-6,8,12H,7H2,1-2H3,(H,13,14). The van der Waals surface area contributed by atoms with Gasteiger partial charge in [-0.25, -0.2) is 0 Å². The number of hydrogen-bond acceptors (Lipinski definition) is 3. The Morgan fingerprint density at radius 3 is 2.81 bits per heavy atom. The summed E-state index contributed by atoms with van der Waals surface area (Å²) in [6, 6.07) is 7.47. The number of benzene rings is 1. The molecule has 0 radical (unpaired) electrons. The lowest BCUT2D eigenvalue weighted by atomic mass is 10.1. The minimum atomic E-state index is -0.140. The van der Waals surface area contributed by atoms with Gasteiger partial charge in [0.25, 0.3) is 0 Å². The van der Waals surface area contributed by atoms with E-state index in [1.54, 1.807) is 0 Å². The zero-order valence-electron chi connectivity index (χ0n) is 9.40. The van der Waals surface area contributed by atoms with Gasteiger partial charge in [-0.2, -0.15) is 0 Å². The Labute approximate surface area is 94.6 Å². The molecule has 0 bridgehead atoms. The van der Waals surface area contributed by atoms with Crippen LogP contribution in [0.1, 0.15) is 13.8 Å². The Morgan fingerprint density at radius 2 is 2.12 bits per heavy atom. The van der Waals surface area contributed by atoms with Gasteiger partial charge in [-0.1, -0.05) is 12.1 Å². The monoisotopic (exact) mass is 221 g/mol. The van der Waals surface area contributed by atoms with Gasteiger partial charge in [-0.15, -0.1) is 0 Å². The molecule has 4 nitrogen and oxygen atoms in total. The summed E-state index contributed by atoms with van der Waals surface area (Å²) in [5.41, 5.74) is 0. The smallest absolute Gasteiger partial charge is 0.217 e. The molecule has 1 aromatic carbocycles. The van der Waals surface area contributed by atoms with Crippen molar-refractivity contribution < 1.29 is 14.3 Å². The molecular formula is C12H15NO3. The highest BCUT2D eigenvalue weighted by Crippen LogP contribution is 2.31. The summed E-state index contributed by atoms with van der Waals surface area (Å²) in [6.45, 7) is 3.86. The molecule has 0 aliphatic carbocycles. The maximum Gasteiger partial charge on any atom is 0.217 e. The molecule has 1 aliphatic rings. The molecule has 1 aliphatic heterocycles. The summed E-state index contributed by atoms with van der Waals surface area (Å²) in [5.74, 6) is 1.43. The van der Waals surface area contributed by atoms with Crippen LogP contribution in [0.5, 0.6) is 11.5 Å². The lowest BCUT2D eigenvalue weighted by Gasteiger charge is -2.30. The first-order chi connectivity index (χ1) is 7.66. The summed E-state index contributed by atoms with van der Waals surface area (Å²) in [4.78, 5) is 10.9. The van der Waals surface area contributed by atoms with Crippen molar-refractivity contribution in [2.45, 2.75) is 26.0 Å². The maximum atomic E-state index is 10.9. The predicted molar refractivity (Wildman–Crippen MR) is 59.6 cm³/mol. The molecule has 0 saturated heterocycles. The number of nitrogens with one attached hydrogen (secondary N) is 1. The summed E-state index contributed by atoms with van der Waals surface area (Å²) in [7, 11) is 0. The summed E-state index contributed by atoms with van der Waals surface area (Å²) in [5, 5.41) is 2.80. The van der Waals surface area contributed by atoms with Crippen LogP contribution in [-0.2, 0) is 4.79 Å².